The molecule has 0 saturated heterocycles. The maximum atomic E-state index is 12.1. The van der Waals surface area contributed by atoms with Crippen LogP contribution in [0.25, 0.3) is 0 Å². The van der Waals surface area contributed by atoms with Gasteiger partial charge in [-0.2, -0.15) is 0 Å². The zero-order valence-corrected chi connectivity index (χ0v) is 15.8. The van der Waals surface area contributed by atoms with Crippen LogP contribution in [0.1, 0.15) is 36.0 Å². The predicted molar refractivity (Wildman–Crippen MR) is 96.4 cm³/mol. The summed E-state index contributed by atoms with van der Waals surface area (Å²) in [5.74, 6) is 0.251. The molecule has 0 amide bonds. The summed E-state index contributed by atoms with van der Waals surface area (Å²) in [7, 11) is 0. The van der Waals surface area contributed by atoms with Crippen LogP contribution in [-0.2, 0) is 0 Å². The third-order valence-corrected chi connectivity index (χ3v) is 7.65. The van der Waals surface area contributed by atoms with Crippen molar-refractivity contribution < 1.29 is 4.79 Å². The molecule has 0 unspecified atom stereocenters. The molecule has 0 heterocycles. The van der Waals surface area contributed by atoms with Crippen molar-refractivity contribution in [3.8, 4) is 0 Å². The Morgan fingerprint density at radius 3 is 2.41 bits per heavy atom. The maximum absolute atomic E-state index is 12.1. The van der Waals surface area contributed by atoms with Crippen molar-refractivity contribution in [2.45, 2.75) is 25.7 Å². The highest BCUT2D eigenvalue weighted by atomic mass is 127. The molecule has 0 fully saturated rings. The van der Waals surface area contributed by atoms with Gasteiger partial charge in [0, 0.05) is 22.7 Å². The molecule has 1 aromatic rings. The second-order valence-corrected chi connectivity index (χ2v) is 7.07. The third-order valence-electron chi connectivity index (χ3n) is 2.44. The number of benzene rings is 1. The molecule has 17 heavy (non-hydrogen) atoms. The molecule has 0 aromatic heterocycles. The standard InChI is InChI=1S/C12H14I3NO/c13-9-6-5-8(11(14)12(9)15)10(17)4-2-1-3-7-16/h5-6H,1-4,7,16H2. The van der Waals surface area contributed by atoms with Gasteiger partial charge in [0.25, 0.3) is 0 Å². The molecule has 5 heteroatoms. The Hall–Kier alpha value is 1.04. The monoisotopic (exact) mass is 569 g/mol. The molecule has 0 bridgehead atoms. The van der Waals surface area contributed by atoms with Crippen LogP contribution >= 0.6 is 67.8 Å². The van der Waals surface area contributed by atoms with Crippen molar-refractivity contribution in [2.75, 3.05) is 6.54 Å². The highest BCUT2D eigenvalue weighted by molar-refractivity contribution is 14.1. The van der Waals surface area contributed by atoms with Gasteiger partial charge in [-0.1, -0.05) is 6.42 Å². The molecule has 94 valence electrons. The topological polar surface area (TPSA) is 43.1 Å². The Morgan fingerprint density at radius 2 is 1.76 bits per heavy atom. The number of carbonyl (C=O) groups excluding carboxylic acids is 1. The van der Waals surface area contributed by atoms with Crippen LogP contribution in [0, 0.1) is 10.7 Å². The summed E-state index contributed by atoms with van der Waals surface area (Å²) in [5.41, 5.74) is 6.29. The number of hydrogen-bond acceptors (Lipinski definition) is 2. The summed E-state index contributed by atoms with van der Waals surface area (Å²) in [6.07, 6.45) is 3.62. The lowest BCUT2D eigenvalue weighted by Gasteiger charge is -2.07. The quantitative estimate of drug-likeness (QED) is 0.242. The molecular weight excluding hydrogens is 555 g/mol. The minimum absolute atomic E-state index is 0.251. The van der Waals surface area contributed by atoms with Crippen LogP contribution in [0.5, 0.6) is 0 Å². The van der Waals surface area contributed by atoms with Gasteiger partial charge in [-0.3, -0.25) is 4.79 Å². The van der Waals surface area contributed by atoms with E-state index in [0.29, 0.717) is 13.0 Å². The number of unbranched alkanes of at least 4 members (excludes halogenated alkanes) is 2. The van der Waals surface area contributed by atoms with E-state index in [1.54, 1.807) is 0 Å². The van der Waals surface area contributed by atoms with E-state index in [1.165, 1.54) is 7.14 Å². The van der Waals surface area contributed by atoms with E-state index >= 15 is 0 Å². The molecule has 0 saturated carbocycles. The first kappa shape index (κ1) is 16.1. The molecule has 1 aromatic carbocycles. The number of Topliss-reactive ketones (excluding diaryl/α,β-unsaturated/α-hetero) is 1. The van der Waals surface area contributed by atoms with Crippen molar-refractivity contribution in [1.29, 1.82) is 0 Å². The van der Waals surface area contributed by atoms with Crippen molar-refractivity contribution >= 4 is 73.6 Å². The van der Waals surface area contributed by atoms with Gasteiger partial charge in [0.15, 0.2) is 5.78 Å². The average Bonchev–Trinajstić information content (AvgIpc) is 2.31. The van der Waals surface area contributed by atoms with Gasteiger partial charge in [0.05, 0.1) is 0 Å². The second kappa shape index (κ2) is 8.26. The van der Waals surface area contributed by atoms with E-state index in [1.807, 2.05) is 12.1 Å². The van der Waals surface area contributed by atoms with Gasteiger partial charge in [0.2, 0.25) is 0 Å². The fourth-order valence-corrected chi connectivity index (χ4v) is 3.69. The first-order chi connectivity index (χ1) is 8.07. The van der Waals surface area contributed by atoms with Gasteiger partial charge in [-0.15, -0.1) is 0 Å². The summed E-state index contributed by atoms with van der Waals surface area (Å²) >= 11 is 6.85. The summed E-state index contributed by atoms with van der Waals surface area (Å²) in [4.78, 5) is 12.1. The van der Waals surface area contributed by atoms with Gasteiger partial charge in [0.1, 0.15) is 0 Å². The van der Waals surface area contributed by atoms with Crippen LogP contribution in [0.3, 0.4) is 0 Å². The van der Waals surface area contributed by atoms with E-state index in [0.717, 1.165) is 28.4 Å². The molecule has 0 aliphatic heterocycles. The minimum atomic E-state index is 0.251. The second-order valence-electron chi connectivity index (χ2n) is 3.75. The number of halogens is 3. The highest BCUT2D eigenvalue weighted by Gasteiger charge is 2.13. The fraction of sp³-hybridized carbons (Fsp3) is 0.417. The number of ketones is 1. The Morgan fingerprint density at radius 1 is 1.06 bits per heavy atom. The summed E-state index contributed by atoms with van der Waals surface area (Å²) in [6.45, 7) is 0.715. The lowest BCUT2D eigenvalue weighted by atomic mass is 10.0. The van der Waals surface area contributed by atoms with Gasteiger partial charge in [-0.05, 0) is 99.3 Å². The van der Waals surface area contributed by atoms with Crippen molar-refractivity contribution in [3.05, 3.63) is 28.4 Å². The van der Waals surface area contributed by atoms with Crippen LogP contribution in [-0.4, -0.2) is 12.3 Å². The largest absolute Gasteiger partial charge is 0.330 e. The smallest absolute Gasteiger partial charge is 0.163 e. The number of hydrogen-bond donors (Lipinski definition) is 1. The van der Waals surface area contributed by atoms with E-state index in [2.05, 4.69) is 67.8 Å². The predicted octanol–water partition coefficient (Wildman–Crippen LogP) is 4.20. The van der Waals surface area contributed by atoms with Crippen molar-refractivity contribution in [3.63, 3.8) is 0 Å². The van der Waals surface area contributed by atoms with Gasteiger partial charge >= 0.3 is 0 Å². The van der Waals surface area contributed by atoms with Crippen LogP contribution in [0.2, 0.25) is 0 Å². The van der Waals surface area contributed by atoms with Gasteiger partial charge < -0.3 is 5.73 Å². The first-order valence-electron chi connectivity index (χ1n) is 5.44. The van der Waals surface area contributed by atoms with Crippen molar-refractivity contribution in [1.82, 2.24) is 0 Å². The van der Waals surface area contributed by atoms with E-state index in [9.17, 15) is 4.79 Å². The number of carbonyl (C=O) groups is 1. The fourth-order valence-electron chi connectivity index (χ4n) is 1.48. The highest BCUT2D eigenvalue weighted by Crippen LogP contribution is 2.25. The normalized spacial score (nSPS) is 10.6. The Bertz CT molecular complexity index is 407. The molecule has 2 nitrogen and oxygen atoms in total. The minimum Gasteiger partial charge on any atom is -0.330 e. The summed E-state index contributed by atoms with van der Waals surface area (Å²) in [5, 5.41) is 0. The lowest BCUT2D eigenvalue weighted by molar-refractivity contribution is 0.0978. The van der Waals surface area contributed by atoms with E-state index in [4.69, 9.17) is 5.73 Å². The molecule has 1 rings (SSSR count). The Kier molecular flexibility index (Phi) is 7.82. The zero-order valence-electron chi connectivity index (χ0n) is 9.31. The molecule has 0 atom stereocenters. The maximum Gasteiger partial charge on any atom is 0.163 e. The Labute approximate surface area is 143 Å². The Balaban J connectivity index is 2.66. The van der Waals surface area contributed by atoms with Crippen LogP contribution < -0.4 is 5.73 Å². The number of nitrogens with two attached hydrogens (primary N) is 1. The van der Waals surface area contributed by atoms with Crippen molar-refractivity contribution in [2.24, 2.45) is 5.73 Å². The summed E-state index contributed by atoms with van der Waals surface area (Å²) in [6, 6.07) is 3.95. The lowest BCUT2D eigenvalue weighted by Crippen LogP contribution is -2.05. The SMILES string of the molecule is NCCCCCC(=O)c1ccc(I)c(I)c1I. The van der Waals surface area contributed by atoms with Gasteiger partial charge in [-0.25, -0.2) is 0 Å². The van der Waals surface area contributed by atoms with Crippen LogP contribution in [0.4, 0.5) is 0 Å². The molecule has 0 spiro atoms. The van der Waals surface area contributed by atoms with E-state index < -0.39 is 0 Å². The van der Waals surface area contributed by atoms with E-state index in [-0.39, 0.29) is 5.78 Å². The molecular formula is C12H14I3NO. The third kappa shape index (κ3) is 4.90. The average molecular weight is 569 g/mol. The molecule has 2 N–H and O–H groups in total. The molecule has 0 aliphatic carbocycles. The van der Waals surface area contributed by atoms with Crippen LogP contribution in [0.15, 0.2) is 12.1 Å². The molecule has 0 aliphatic rings. The summed E-state index contributed by atoms with van der Waals surface area (Å²) < 4.78 is 3.46. The zero-order chi connectivity index (χ0) is 12.8. The first-order valence-corrected chi connectivity index (χ1v) is 8.68. The molecule has 0 radical (unpaired) electrons. The number of rotatable bonds is 6.